The lowest BCUT2D eigenvalue weighted by Crippen LogP contribution is -2.33. The number of anilines is 7. The number of benzene rings is 4. The molecule has 48 heteroatoms. The Morgan fingerprint density at radius 3 is 1.20 bits per heavy atom. The summed E-state index contributed by atoms with van der Waals surface area (Å²) < 4.78 is 67.0. The maximum atomic E-state index is 13.0. The molecule has 4 fully saturated rings. The van der Waals surface area contributed by atoms with Gasteiger partial charge < -0.3 is 90.1 Å². The number of aryl methyl sites for hydroxylation is 1. The minimum atomic E-state index is -4.60. The number of nitrogens with zero attached hydrogens (tertiary/aromatic N) is 22. The standard InChI is InChI=1S/C29H27N7O4.C20H28N6O4.C18H16ClF3N6O4.C18H23ClN8O4/c37-16-23-25(38)26(39)29(40-23)35-18-32-24-27(30-17-31-28(24)35)34-33-15-19-11-13-22(14-12-19)36(20-7-3-1-4-8-20)21-9-5-2-6-10-21;1-2-3-4-5-6-7-8-9-10-24-25-18-15-19(22-12-21-18)26(13-23-15)20-17(29)16(28)14(11-27)30-20;19-10-2-1-8(3-9(10)18(20,21)22)4-26-27-15-12-16(24-6-23-15)28(7-25-12)17-14(31)13(30)11(5-29)32-17;1-2-3-4-11-24-9(15(19)25-11)5-23-26-16-12-17(21-7-20-16)27(8-22-12)18-14(30)13(29)10(6-28)31-18/h1-15,17-18,23,25-26,29,37-39H,16H2,(H,30,31,34);6-10,12-14,16-17,20,27-29H,2-5,11H2,1H3,(H,21,22,25);1-4,6-7,11,13-14,17,29-31H,5H2,(H,23,24,27);5,7-8,10,13-14,18,28-30H,2-4,6H2,1H3,(H,24,25)(H,20,21,26)/b33-15+;7-6+,9-8+,24-10+;26-4+;23-5+/t23-,25?,26+,29-;14-,16?,17+,20-;11-,13?,14+,17-;10-,13?,14+,18-/m1111/s1. The number of aliphatic hydroxyl groups excluding tert-OH is 12. The Kier molecular flexibility index (Phi) is 32.6. The molecule has 0 radical (unpaired) electrons. The maximum Gasteiger partial charge on any atom is 0.417 e. The maximum absolute atomic E-state index is 13.0. The van der Waals surface area contributed by atoms with Crippen molar-refractivity contribution in [3.05, 3.63) is 216 Å². The van der Waals surface area contributed by atoms with Gasteiger partial charge in [0.05, 0.1) is 81.0 Å². The molecule has 4 aliphatic rings. The highest BCUT2D eigenvalue weighted by atomic mass is 35.5. The summed E-state index contributed by atoms with van der Waals surface area (Å²) in [6.07, 6.45) is 10.0. The highest BCUT2D eigenvalue weighted by Gasteiger charge is 2.48. The van der Waals surface area contributed by atoms with Crippen LogP contribution in [0.1, 0.15) is 105 Å². The first-order valence-corrected chi connectivity index (χ1v) is 42.6. The number of rotatable bonds is 31. The van der Waals surface area contributed by atoms with Gasteiger partial charge in [-0.25, -0.2) is 64.8 Å². The van der Waals surface area contributed by atoms with Crippen molar-refractivity contribution in [3.8, 4) is 0 Å². The van der Waals surface area contributed by atoms with E-state index in [0.717, 1.165) is 72.5 Å². The number of halogens is 5. The fourth-order valence-corrected chi connectivity index (χ4v) is 14.9. The van der Waals surface area contributed by atoms with Crippen molar-refractivity contribution >= 4 is 133 Å². The summed E-state index contributed by atoms with van der Waals surface area (Å²) in [4.78, 5) is 59.9. The Hall–Kier alpha value is -12.8. The summed E-state index contributed by atoms with van der Waals surface area (Å²) in [6.45, 7) is 2.56. The Balaban J connectivity index is 0.000000144. The van der Waals surface area contributed by atoms with Gasteiger partial charge in [0, 0.05) is 29.7 Å². The smallest absolute Gasteiger partial charge is 0.394 e. The first-order chi connectivity index (χ1) is 64.5. The third kappa shape index (κ3) is 22.4. The van der Waals surface area contributed by atoms with Gasteiger partial charge in [-0.05, 0) is 85.0 Å². The first-order valence-electron chi connectivity index (χ1n) is 41.8. The minimum Gasteiger partial charge on any atom is -0.394 e. The molecule has 17 rings (SSSR count). The van der Waals surface area contributed by atoms with Crippen LogP contribution in [0.5, 0.6) is 0 Å². The molecule has 133 heavy (non-hydrogen) atoms. The number of aromatic nitrogens is 18. The third-order valence-electron chi connectivity index (χ3n) is 21.4. The number of aromatic amines is 1. The van der Waals surface area contributed by atoms with Crippen LogP contribution < -0.4 is 26.6 Å². The molecule has 16 atom stereocenters. The SMILES string of the molecule is CCCCC/C=C/C=C/C=N/Nc1ncnc2c1ncn2[C@@H]1O[C@H](CO)C(O)[C@@H]1O.CCCCc1nc(/C=N/Nc2ncnc3c2ncn3[C@@H]2O[C@H](CO)C(O)[C@@H]2O)c(Cl)[nH]1.OC[C@H]1O[C@@H](n2cnc3c(N/N=C/c4ccc(Cl)c(C(F)(F)F)c4)ncnc32)[C@@H](O)C1O.OC[C@H]1O[C@@H](n2cnc3c(N/N=C/c4ccc(N(c5ccccc5)c5ccccc5)cc4)ncnc32)[C@@H](O)C1O. The van der Waals surface area contributed by atoms with Crippen molar-refractivity contribution < 1.29 is 93.4 Å². The molecule has 700 valence electrons. The van der Waals surface area contributed by atoms with Gasteiger partial charge >= 0.3 is 6.18 Å². The molecular weight excluding hydrogens is 1780 g/mol. The van der Waals surface area contributed by atoms with E-state index in [4.69, 9.17) is 42.1 Å². The predicted octanol–water partition coefficient (Wildman–Crippen LogP) is 7.04. The van der Waals surface area contributed by atoms with Crippen LogP contribution in [0.3, 0.4) is 0 Å². The average Bonchev–Trinajstić information content (AvgIpc) is 1.64. The van der Waals surface area contributed by atoms with Gasteiger partial charge in [0.15, 0.2) is 92.8 Å². The number of H-pyrrole nitrogens is 1. The molecule has 0 bridgehead atoms. The average molecular weight is 1880 g/mol. The predicted molar refractivity (Wildman–Crippen MR) is 481 cm³/mol. The highest BCUT2D eigenvalue weighted by molar-refractivity contribution is 6.32. The van der Waals surface area contributed by atoms with E-state index in [0.29, 0.717) is 61.8 Å². The quantitative estimate of drug-likeness (QED) is 0.00896. The van der Waals surface area contributed by atoms with E-state index >= 15 is 0 Å². The van der Waals surface area contributed by atoms with Crippen molar-refractivity contribution in [2.24, 2.45) is 20.4 Å². The molecule has 17 N–H and O–H groups in total. The number of ether oxygens (including phenoxy) is 4. The van der Waals surface area contributed by atoms with Crippen LogP contribution in [0.2, 0.25) is 10.2 Å². The molecular formula is C85H94Cl2F3N27O16. The monoisotopic (exact) mass is 1880 g/mol. The summed E-state index contributed by atoms with van der Waals surface area (Å²) in [7, 11) is 0. The second kappa shape index (κ2) is 45.1. The van der Waals surface area contributed by atoms with Crippen molar-refractivity contribution in [3.63, 3.8) is 0 Å². The summed E-state index contributed by atoms with van der Waals surface area (Å²) in [6, 6.07) is 31.7. The van der Waals surface area contributed by atoms with E-state index in [1.54, 1.807) is 18.5 Å². The molecule has 0 saturated carbocycles. The summed E-state index contributed by atoms with van der Waals surface area (Å²) in [5, 5.41) is 135. The van der Waals surface area contributed by atoms with Crippen molar-refractivity contribution in [2.45, 2.75) is 163 Å². The largest absolute Gasteiger partial charge is 0.417 e. The molecule has 0 amide bonds. The van der Waals surface area contributed by atoms with Crippen molar-refractivity contribution in [1.29, 1.82) is 0 Å². The van der Waals surface area contributed by atoms with Gasteiger partial charge in [0.1, 0.15) is 115 Å². The minimum absolute atomic E-state index is 0.141. The molecule has 13 heterocycles. The van der Waals surface area contributed by atoms with E-state index in [-0.39, 0.29) is 22.5 Å². The number of nitrogens with one attached hydrogen (secondary N) is 5. The number of alkyl halides is 3. The lowest BCUT2D eigenvalue weighted by atomic mass is 10.1. The van der Waals surface area contributed by atoms with Crippen LogP contribution in [-0.4, -0.2) is 274 Å². The number of unbranched alkanes of at least 4 members (excludes halogenated alkanes) is 4. The third-order valence-corrected chi connectivity index (χ3v) is 22.0. The number of imidazole rings is 5. The van der Waals surface area contributed by atoms with Crippen LogP contribution in [0.25, 0.3) is 44.7 Å². The molecule has 0 spiro atoms. The zero-order chi connectivity index (χ0) is 93.8. The highest BCUT2D eigenvalue weighted by Crippen LogP contribution is 2.40. The molecule has 43 nitrogen and oxygen atoms in total. The molecule has 4 aromatic carbocycles. The van der Waals surface area contributed by atoms with Crippen LogP contribution in [0.4, 0.5) is 53.5 Å². The molecule has 4 aliphatic heterocycles. The number of hydrogen-bond acceptors (Lipinski definition) is 38. The van der Waals surface area contributed by atoms with E-state index in [9.17, 15) is 74.4 Å². The Bertz CT molecular complexity index is 6140. The summed E-state index contributed by atoms with van der Waals surface area (Å²) >= 11 is 11.8. The van der Waals surface area contributed by atoms with Crippen LogP contribution >= 0.6 is 23.2 Å². The Labute approximate surface area is 763 Å². The fraction of sp³-hybridized carbons (Fsp3) is 0.353. The Morgan fingerprint density at radius 2 is 0.812 bits per heavy atom. The lowest BCUT2D eigenvalue weighted by Gasteiger charge is -2.25. The molecule has 4 unspecified atom stereocenters. The molecule has 4 saturated heterocycles. The van der Waals surface area contributed by atoms with E-state index in [1.807, 2.05) is 72.8 Å². The van der Waals surface area contributed by atoms with E-state index in [1.165, 1.54) is 100 Å². The lowest BCUT2D eigenvalue weighted by molar-refractivity contribution is -0.137. The number of hydrogen-bond donors (Lipinski definition) is 17. The van der Waals surface area contributed by atoms with Crippen LogP contribution in [0.15, 0.2) is 198 Å². The Morgan fingerprint density at radius 1 is 0.436 bits per heavy atom. The zero-order valence-electron chi connectivity index (χ0n) is 70.8. The van der Waals surface area contributed by atoms with Gasteiger partial charge in [-0.2, -0.15) is 33.6 Å². The van der Waals surface area contributed by atoms with Gasteiger partial charge in [0.25, 0.3) is 0 Å². The fourth-order valence-electron chi connectivity index (χ4n) is 14.5. The molecule has 0 aliphatic carbocycles. The second-order valence-corrected chi connectivity index (χ2v) is 31.0. The van der Waals surface area contributed by atoms with Gasteiger partial charge in [0.2, 0.25) is 0 Å². The van der Waals surface area contributed by atoms with Gasteiger partial charge in [-0.3, -0.25) is 40.0 Å². The summed E-state index contributed by atoms with van der Waals surface area (Å²) in [5.74, 6) is 2.02. The van der Waals surface area contributed by atoms with E-state index < -0.39 is 141 Å². The van der Waals surface area contributed by atoms with Crippen molar-refractivity contribution in [2.75, 3.05) is 53.0 Å². The van der Waals surface area contributed by atoms with Gasteiger partial charge in [-0.1, -0.05) is 129 Å². The number of hydrazone groups is 4. The van der Waals surface area contributed by atoms with Crippen LogP contribution in [0, 0.1) is 0 Å². The van der Waals surface area contributed by atoms with E-state index in [2.05, 4.69) is 161 Å². The number of fused-ring (bicyclic) bond motifs is 4. The topological polar surface area (TPSA) is 584 Å². The van der Waals surface area contributed by atoms with Crippen LogP contribution in [-0.2, 0) is 31.5 Å². The number of aliphatic hydroxyl groups is 12. The number of para-hydroxylation sites is 2. The van der Waals surface area contributed by atoms with Crippen molar-refractivity contribution in [1.82, 2.24) is 88.0 Å². The molecule has 13 aromatic rings. The second-order valence-electron chi connectivity index (χ2n) is 30.2. The number of allylic oxidation sites excluding steroid dienone is 4. The summed E-state index contributed by atoms with van der Waals surface area (Å²) in [5.41, 5.74) is 17.6. The van der Waals surface area contributed by atoms with Gasteiger partial charge in [-0.15, -0.1) is 0 Å². The molecule has 9 aromatic heterocycles. The zero-order valence-corrected chi connectivity index (χ0v) is 72.3. The normalized spacial score (nSPS) is 23.2. The first kappa shape index (κ1) is 96.2.